The highest BCUT2D eigenvalue weighted by molar-refractivity contribution is 14.0. The van der Waals surface area contributed by atoms with Crippen LogP contribution in [0.2, 0.25) is 0 Å². The quantitative estimate of drug-likeness (QED) is 0.139. The molecule has 0 aliphatic carbocycles. The summed E-state index contributed by atoms with van der Waals surface area (Å²) in [6, 6.07) is 0.492. The lowest BCUT2D eigenvalue weighted by Crippen LogP contribution is -2.48. The third kappa shape index (κ3) is 12.9. The summed E-state index contributed by atoms with van der Waals surface area (Å²) in [6.07, 6.45) is 6.55. The van der Waals surface area contributed by atoms with Gasteiger partial charge < -0.3 is 20.1 Å². The zero-order chi connectivity index (χ0) is 18.2. The van der Waals surface area contributed by atoms with Gasteiger partial charge in [-0.05, 0) is 26.2 Å². The third-order valence-electron chi connectivity index (χ3n) is 4.18. The van der Waals surface area contributed by atoms with Crippen LogP contribution in [0, 0.1) is 0 Å². The Hall–Kier alpha value is -0.380. The van der Waals surface area contributed by atoms with E-state index in [1.807, 2.05) is 6.08 Å². The fourth-order valence-corrected chi connectivity index (χ4v) is 2.75. The molecule has 154 valence electrons. The van der Waals surface area contributed by atoms with E-state index in [-0.39, 0.29) is 24.0 Å². The molecule has 0 spiro atoms. The van der Waals surface area contributed by atoms with Gasteiger partial charge in [-0.25, -0.2) is 0 Å². The first-order valence-electron chi connectivity index (χ1n) is 9.83. The SMILES string of the molecule is C=CCN1CCC(NC(=NCCOCCOCCCC)NCC)CC1.I. The van der Waals surface area contributed by atoms with Gasteiger partial charge in [0.05, 0.1) is 26.4 Å². The monoisotopic (exact) mass is 482 g/mol. The number of ether oxygens (including phenoxy) is 2. The van der Waals surface area contributed by atoms with Crippen LogP contribution in [0.4, 0.5) is 0 Å². The van der Waals surface area contributed by atoms with Crippen LogP contribution in [0.25, 0.3) is 0 Å². The topological polar surface area (TPSA) is 58.1 Å². The van der Waals surface area contributed by atoms with Crippen LogP contribution in [-0.4, -0.2) is 76.1 Å². The van der Waals surface area contributed by atoms with Crippen LogP contribution in [0.15, 0.2) is 17.6 Å². The lowest BCUT2D eigenvalue weighted by molar-refractivity contribution is 0.0497. The largest absolute Gasteiger partial charge is 0.379 e. The number of nitrogens with zero attached hydrogens (tertiary/aromatic N) is 2. The van der Waals surface area contributed by atoms with Crippen molar-refractivity contribution in [1.82, 2.24) is 15.5 Å². The molecule has 1 heterocycles. The van der Waals surface area contributed by atoms with Crippen LogP contribution < -0.4 is 10.6 Å². The van der Waals surface area contributed by atoms with E-state index in [0.717, 1.165) is 58.0 Å². The second-order valence-electron chi connectivity index (χ2n) is 6.35. The average Bonchev–Trinajstić information content (AvgIpc) is 2.62. The zero-order valence-electron chi connectivity index (χ0n) is 16.7. The van der Waals surface area contributed by atoms with E-state index in [1.165, 1.54) is 6.42 Å². The van der Waals surface area contributed by atoms with Crippen LogP contribution in [0.1, 0.15) is 39.5 Å². The molecule has 0 aromatic heterocycles. The highest BCUT2D eigenvalue weighted by Gasteiger charge is 2.18. The Morgan fingerprint density at radius 2 is 1.85 bits per heavy atom. The molecule has 26 heavy (non-hydrogen) atoms. The van der Waals surface area contributed by atoms with Gasteiger partial charge in [0.1, 0.15) is 0 Å². The lowest BCUT2D eigenvalue weighted by Gasteiger charge is -2.32. The number of hydrogen-bond donors (Lipinski definition) is 2. The molecule has 6 nitrogen and oxygen atoms in total. The Bertz CT molecular complexity index is 361. The molecule has 1 aliphatic rings. The molecule has 1 rings (SSSR count). The van der Waals surface area contributed by atoms with Crippen LogP contribution in [0.3, 0.4) is 0 Å². The summed E-state index contributed by atoms with van der Waals surface area (Å²) in [6.45, 7) is 15.6. The van der Waals surface area contributed by atoms with Crippen molar-refractivity contribution in [3.05, 3.63) is 12.7 Å². The maximum atomic E-state index is 5.57. The van der Waals surface area contributed by atoms with Crippen LogP contribution in [0.5, 0.6) is 0 Å². The van der Waals surface area contributed by atoms with Gasteiger partial charge in [0.25, 0.3) is 0 Å². The van der Waals surface area contributed by atoms with Crippen molar-refractivity contribution in [3.8, 4) is 0 Å². The summed E-state index contributed by atoms with van der Waals surface area (Å²) in [7, 11) is 0. The predicted molar refractivity (Wildman–Crippen MR) is 121 cm³/mol. The highest BCUT2D eigenvalue weighted by atomic mass is 127. The number of unbranched alkanes of at least 4 members (excludes halogenated alkanes) is 1. The van der Waals surface area contributed by atoms with Crippen LogP contribution >= 0.6 is 24.0 Å². The predicted octanol–water partition coefficient (Wildman–Crippen LogP) is 2.64. The van der Waals surface area contributed by atoms with Gasteiger partial charge in [0.2, 0.25) is 0 Å². The molecule has 0 radical (unpaired) electrons. The Labute approximate surface area is 177 Å². The molecule has 1 fully saturated rings. The fourth-order valence-electron chi connectivity index (χ4n) is 2.75. The second-order valence-corrected chi connectivity index (χ2v) is 6.35. The van der Waals surface area contributed by atoms with Gasteiger partial charge in [-0.3, -0.25) is 9.89 Å². The maximum Gasteiger partial charge on any atom is 0.191 e. The molecule has 0 unspecified atom stereocenters. The summed E-state index contributed by atoms with van der Waals surface area (Å²) < 4.78 is 11.0. The Morgan fingerprint density at radius 3 is 2.46 bits per heavy atom. The van der Waals surface area contributed by atoms with Crippen molar-refractivity contribution in [2.24, 2.45) is 4.99 Å². The van der Waals surface area contributed by atoms with Crippen molar-refractivity contribution in [2.75, 3.05) is 59.2 Å². The number of guanidine groups is 1. The summed E-state index contributed by atoms with van der Waals surface area (Å²) in [5, 5.41) is 6.87. The number of hydrogen-bond acceptors (Lipinski definition) is 4. The van der Waals surface area contributed by atoms with E-state index in [1.54, 1.807) is 0 Å². The Balaban J connectivity index is 0.00000625. The highest BCUT2D eigenvalue weighted by Crippen LogP contribution is 2.09. The number of halogens is 1. The summed E-state index contributed by atoms with van der Waals surface area (Å²) in [4.78, 5) is 7.05. The van der Waals surface area contributed by atoms with Gasteiger partial charge in [-0.2, -0.15) is 0 Å². The van der Waals surface area contributed by atoms with Gasteiger partial charge in [-0.15, -0.1) is 30.6 Å². The van der Waals surface area contributed by atoms with Crippen molar-refractivity contribution in [1.29, 1.82) is 0 Å². The molecule has 1 aliphatic heterocycles. The Morgan fingerprint density at radius 1 is 1.15 bits per heavy atom. The number of rotatable bonds is 13. The van der Waals surface area contributed by atoms with E-state index >= 15 is 0 Å². The van der Waals surface area contributed by atoms with Gasteiger partial charge in [-0.1, -0.05) is 19.4 Å². The molecule has 7 heteroatoms. The lowest BCUT2D eigenvalue weighted by atomic mass is 10.1. The molecule has 0 atom stereocenters. The summed E-state index contributed by atoms with van der Waals surface area (Å²) >= 11 is 0. The van der Waals surface area contributed by atoms with Gasteiger partial charge in [0, 0.05) is 38.8 Å². The molecular weight excluding hydrogens is 443 g/mol. The molecular formula is C19H39IN4O2. The second kappa shape index (κ2) is 18.0. The van der Waals surface area contributed by atoms with Crippen molar-refractivity contribution >= 4 is 29.9 Å². The normalized spacial score (nSPS) is 16.2. The minimum Gasteiger partial charge on any atom is -0.379 e. The summed E-state index contributed by atoms with van der Waals surface area (Å²) in [5.41, 5.74) is 0. The average molecular weight is 482 g/mol. The number of aliphatic imine (C=N–C) groups is 1. The molecule has 0 aromatic carbocycles. The first kappa shape index (κ1) is 25.6. The van der Waals surface area contributed by atoms with E-state index in [0.29, 0.717) is 32.4 Å². The molecule has 1 saturated heterocycles. The van der Waals surface area contributed by atoms with Crippen molar-refractivity contribution < 1.29 is 9.47 Å². The van der Waals surface area contributed by atoms with E-state index in [2.05, 4.69) is 41.0 Å². The maximum absolute atomic E-state index is 5.57. The first-order valence-corrected chi connectivity index (χ1v) is 9.83. The van der Waals surface area contributed by atoms with Crippen molar-refractivity contribution in [2.45, 2.75) is 45.6 Å². The van der Waals surface area contributed by atoms with E-state index < -0.39 is 0 Å². The third-order valence-corrected chi connectivity index (χ3v) is 4.18. The van der Waals surface area contributed by atoms with E-state index in [4.69, 9.17) is 9.47 Å². The molecule has 0 saturated carbocycles. The van der Waals surface area contributed by atoms with Gasteiger partial charge >= 0.3 is 0 Å². The number of nitrogens with one attached hydrogen (secondary N) is 2. The molecule has 0 aromatic rings. The van der Waals surface area contributed by atoms with E-state index in [9.17, 15) is 0 Å². The minimum absolute atomic E-state index is 0. The minimum atomic E-state index is 0. The number of likely N-dealkylation sites (tertiary alicyclic amines) is 1. The zero-order valence-corrected chi connectivity index (χ0v) is 19.0. The number of piperidine rings is 1. The summed E-state index contributed by atoms with van der Waals surface area (Å²) in [5.74, 6) is 0.896. The smallest absolute Gasteiger partial charge is 0.191 e. The van der Waals surface area contributed by atoms with Crippen LogP contribution in [-0.2, 0) is 9.47 Å². The fraction of sp³-hybridized carbons (Fsp3) is 0.842. The van der Waals surface area contributed by atoms with Gasteiger partial charge in [0.15, 0.2) is 5.96 Å². The Kier molecular flexibility index (Phi) is 17.7. The molecule has 0 bridgehead atoms. The van der Waals surface area contributed by atoms with Crippen molar-refractivity contribution in [3.63, 3.8) is 0 Å². The standard InChI is InChI=1S/C19H38N4O2.HI/c1-4-7-14-24-16-17-25-15-10-21-19(20-6-3)22-18-8-12-23(11-5-2)13-9-18;/h5,18H,2,4,6-17H2,1,3H3,(H2,20,21,22);1H. The molecule has 2 N–H and O–H groups in total. The first-order chi connectivity index (χ1) is 12.3. The molecule has 0 amide bonds.